The second-order valence-corrected chi connectivity index (χ2v) is 7.27. The van der Waals surface area contributed by atoms with Crippen LogP contribution in [0.4, 0.5) is 13.2 Å². The molecule has 2 rings (SSSR count). The maximum absolute atomic E-state index is 13.1. The molecule has 24 heavy (non-hydrogen) atoms. The molecule has 0 amide bonds. The Bertz CT molecular complexity index is 372. The van der Waals surface area contributed by atoms with Crippen LogP contribution in [-0.2, 0) is 14.3 Å². The maximum Gasteiger partial charge on any atom is 0.404 e. The highest BCUT2D eigenvalue weighted by molar-refractivity contribution is 5.73. The van der Waals surface area contributed by atoms with Crippen LogP contribution < -0.4 is 0 Å². The molecule has 0 spiro atoms. The van der Waals surface area contributed by atoms with Crippen molar-refractivity contribution in [3.05, 3.63) is 0 Å². The van der Waals surface area contributed by atoms with Gasteiger partial charge in [0.1, 0.15) is 0 Å². The Hall–Kier alpha value is -0.780. The van der Waals surface area contributed by atoms with Gasteiger partial charge in [0, 0.05) is 6.61 Å². The number of alkyl halides is 3. The number of esters is 1. The van der Waals surface area contributed by atoms with Crippen LogP contribution in [0.5, 0.6) is 0 Å². The highest BCUT2D eigenvalue weighted by Gasteiger charge is 2.46. The van der Waals surface area contributed by atoms with Crippen LogP contribution in [0.15, 0.2) is 0 Å². The molecule has 0 radical (unpaired) electrons. The number of ether oxygens (including phenoxy) is 2. The number of carbonyl (C=O) groups excluding carboxylic acids is 1. The molecule has 0 aromatic heterocycles. The standard InChI is InChI=1S/C18H29F3O3/c19-18(20,21)16(13-23-11-14-7-3-1-4-8-14)17(22)24-12-15-9-5-2-6-10-15/h14-16H,1-13H2. The second kappa shape index (κ2) is 9.64. The average molecular weight is 350 g/mol. The van der Waals surface area contributed by atoms with E-state index in [-0.39, 0.29) is 12.5 Å². The molecule has 6 heteroatoms. The molecule has 0 saturated heterocycles. The Morgan fingerprint density at radius 2 is 1.38 bits per heavy atom. The summed E-state index contributed by atoms with van der Waals surface area (Å²) in [7, 11) is 0. The third kappa shape index (κ3) is 6.61. The number of hydrogen-bond donors (Lipinski definition) is 0. The van der Waals surface area contributed by atoms with E-state index in [4.69, 9.17) is 9.47 Å². The molecule has 1 atom stereocenters. The fourth-order valence-electron chi connectivity index (χ4n) is 3.66. The van der Waals surface area contributed by atoms with Gasteiger partial charge in [0.05, 0.1) is 13.2 Å². The van der Waals surface area contributed by atoms with E-state index in [0.717, 1.165) is 57.8 Å². The van der Waals surface area contributed by atoms with Gasteiger partial charge >= 0.3 is 12.1 Å². The van der Waals surface area contributed by atoms with E-state index < -0.39 is 24.7 Å². The van der Waals surface area contributed by atoms with Gasteiger partial charge in [-0.2, -0.15) is 13.2 Å². The van der Waals surface area contributed by atoms with E-state index >= 15 is 0 Å². The highest BCUT2D eigenvalue weighted by Crippen LogP contribution is 2.30. The third-order valence-corrected chi connectivity index (χ3v) is 5.23. The Labute approximate surface area is 142 Å². The van der Waals surface area contributed by atoms with Crippen molar-refractivity contribution in [1.29, 1.82) is 0 Å². The Morgan fingerprint density at radius 1 is 0.875 bits per heavy atom. The predicted octanol–water partition coefficient (Wildman–Crippen LogP) is 4.89. The molecule has 0 aromatic carbocycles. The van der Waals surface area contributed by atoms with E-state index in [1.807, 2.05) is 0 Å². The first-order valence-corrected chi connectivity index (χ1v) is 9.28. The lowest BCUT2D eigenvalue weighted by molar-refractivity contribution is -0.208. The molecule has 140 valence electrons. The van der Waals surface area contributed by atoms with Crippen LogP contribution in [-0.4, -0.2) is 32.0 Å². The zero-order valence-electron chi connectivity index (χ0n) is 14.3. The topological polar surface area (TPSA) is 35.5 Å². The van der Waals surface area contributed by atoms with Crippen LogP contribution in [0.2, 0.25) is 0 Å². The molecule has 2 aliphatic rings. The summed E-state index contributed by atoms with van der Waals surface area (Å²) in [6, 6.07) is 0. The van der Waals surface area contributed by atoms with Crippen LogP contribution in [0, 0.1) is 17.8 Å². The summed E-state index contributed by atoms with van der Waals surface area (Å²) >= 11 is 0. The molecule has 2 fully saturated rings. The lowest BCUT2D eigenvalue weighted by Gasteiger charge is -2.25. The van der Waals surface area contributed by atoms with Crippen LogP contribution in [0.25, 0.3) is 0 Å². The van der Waals surface area contributed by atoms with Gasteiger partial charge in [-0.15, -0.1) is 0 Å². The van der Waals surface area contributed by atoms with Crippen molar-refractivity contribution in [2.45, 2.75) is 70.4 Å². The largest absolute Gasteiger partial charge is 0.465 e. The minimum absolute atomic E-state index is 0.105. The van der Waals surface area contributed by atoms with Gasteiger partial charge in [-0.05, 0) is 37.5 Å². The first-order chi connectivity index (χ1) is 11.5. The predicted molar refractivity (Wildman–Crippen MR) is 84.5 cm³/mol. The van der Waals surface area contributed by atoms with E-state index in [0.29, 0.717) is 12.5 Å². The molecule has 0 N–H and O–H groups in total. The van der Waals surface area contributed by atoms with Crippen LogP contribution in [0.3, 0.4) is 0 Å². The summed E-state index contributed by atoms with van der Waals surface area (Å²) in [6.07, 6.45) is 5.96. The molecular formula is C18H29F3O3. The maximum atomic E-state index is 13.1. The Balaban J connectivity index is 1.74. The van der Waals surface area contributed by atoms with Gasteiger partial charge in [0.15, 0.2) is 5.92 Å². The lowest BCUT2D eigenvalue weighted by Crippen LogP contribution is -2.37. The Morgan fingerprint density at radius 3 is 1.88 bits per heavy atom. The number of hydrogen-bond acceptors (Lipinski definition) is 3. The van der Waals surface area contributed by atoms with E-state index in [2.05, 4.69) is 0 Å². The van der Waals surface area contributed by atoms with Gasteiger partial charge < -0.3 is 9.47 Å². The monoisotopic (exact) mass is 350 g/mol. The Kier molecular flexibility index (Phi) is 7.85. The summed E-state index contributed by atoms with van der Waals surface area (Å²) in [6.45, 7) is -0.208. The van der Waals surface area contributed by atoms with Gasteiger partial charge in [-0.3, -0.25) is 4.79 Å². The van der Waals surface area contributed by atoms with Crippen molar-refractivity contribution < 1.29 is 27.4 Å². The molecule has 0 heterocycles. The highest BCUT2D eigenvalue weighted by atomic mass is 19.4. The second-order valence-electron chi connectivity index (χ2n) is 7.27. The van der Waals surface area contributed by atoms with Crippen molar-refractivity contribution >= 4 is 5.97 Å². The van der Waals surface area contributed by atoms with E-state index in [1.54, 1.807) is 0 Å². The van der Waals surface area contributed by atoms with Gasteiger partial charge in [0.2, 0.25) is 0 Å². The molecule has 3 nitrogen and oxygen atoms in total. The summed E-state index contributed by atoms with van der Waals surface area (Å²) < 4.78 is 49.6. The van der Waals surface area contributed by atoms with Crippen LogP contribution in [0.1, 0.15) is 64.2 Å². The fraction of sp³-hybridized carbons (Fsp3) is 0.944. The molecular weight excluding hydrogens is 321 g/mol. The quantitative estimate of drug-likeness (QED) is 0.614. The third-order valence-electron chi connectivity index (χ3n) is 5.23. The lowest BCUT2D eigenvalue weighted by atomic mass is 9.90. The molecule has 0 aliphatic heterocycles. The molecule has 0 bridgehead atoms. The normalized spacial score (nSPS) is 22.3. The first kappa shape index (κ1) is 19.5. The van der Waals surface area contributed by atoms with Crippen molar-refractivity contribution in [1.82, 2.24) is 0 Å². The molecule has 1 unspecified atom stereocenters. The van der Waals surface area contributed by atoms with Crippen molar-refractivity contribution in [2.75, 3.05) is 19.8 Å². The molecule has 0 aromatic rings. The minimum atomic E-state index is -4.61. The van der Waals surface area contributed by atoms with Crippen molar-refractivity contribution in [2.24, 2.45) is 17.8 Å². The number of halogens is 3. The van der Waals surface area contributed by atoms with Crippen molar-refractivity contribution in [3.63, 3.8) is 0 Å². The first-order valence-electron chi connectivity index (χ1n) is 9.28. The SMILES string of the molecule is O=C(OCC1CCCCC1)C(COCC1CCCCC1)C(F)(F)F. The van der Waals surface area contributed by atoms with Crippen molar-refractivity contribution in [3.8, 4) is 0 Å². The zero-order chi connectivity index (χ0) is 17.4. The minimum Gasteiger partial charge on any atom is -0.465 e. The van der Waals surface area contributed by atoms with Gasteiger partial charge in [-0.25, -0.2) is 0 Å². The number of carbonyl (C=O) groups is 1. The molecule has 2 aliphatic carbocycles. The fourth-order valence-corrected chi connectivity index (χ4v) is 3.66. The van der Waals surface area contributed by atoms with E-state index in [9.17, 15) is 18.0 Å². The van der Waals surface area contributed by atoms with E-state index in [1.165, 1.54) is 6.42 Å². The summed E-state index contributed by atoms with van der Waals surface area (Å²) in [5.74, 6) is -2.81. The summed E-state index contributed by atoms with van der Waals surface area (Å²) in [5.41, 5.74) is 0. The van der Waals surface area contributed by atoms with Gasteiger partial charge in [-0.1, -0.05) is 38.5 Å². The van der Waals surface area contributed by atoms with Crippen LogP contribution >= 0.6 is 0 Å². The average Bonchev–Trinajstić information content (AvgIpc) is 2.57. The summed E-state index contributed by atoms with van der Waals surface area (Å²) in [5, 5.41) is 0. The smallest absolute Gasteiger partial charge is 0.404 e. The zero-order valence-corrected chi connectivity index (χ0v) is 14.3. The molecule has 2 saturated carbocycles. The van der Waals surface area contributed by atoms with Gasteiger partial charge in [0.25, 0.3) is 0 Å². The number of rotatable bonds is 7. The summed E-state index contributed by atoms with van der Waals surface area (Å²) in [4.78, 5) is 11.9.